The Balaban J connectivity index is 2.12. The average Bonchev–Trinajstić information content (AvgIpc) is 2.39. The van der Waals surface area contributed by atoms with Gasteiger partial charge in [-0.1, -0.05) is 48.9 Å². The minimum Gasteiger partial charge on any atom is -0.384 e. The summed E-state index contributed by atoms with van der Waals surface area (Å²) >= 11 is 0. The van der Waals surface area contributed by atoms with Gasteiger partial charge >= 0.3 is 0 Å². The maximum Gasteiger partial charge on any atom is 0.191 e. The summed E-state index contributed by atoms with van der Waals surface area (Å²) in [6.07, 6.45) is 3.08. The van der Waals surface area contributed by atoms with Crippen molar-refractivity contribution in [2.24, 2.45) is 5.92 Å². The molecule has 90 valence electrons. The van der Waals surface area contributed by atoms with E-state index in [1.807, 2.05) is 18.2 Å². The maximum atomic E-state index is 12.1. The Morgan fingerprint density at radius 2 is 2.00 bits per heavy atom. The minimum atomic E-state index is -0.926. The van der Waals surface area contributed by atoms with Crippen LogP contribution in [0.2, 0.25) is 0 Å². The van der Waals surface area contributed by atoms with Crippen molar-refractivity contribution >= 4 is 5.78 Å². The third kappa shape index (κ3) is 2.64. The van der Waals surface area contributed by atoms with Crippen molar-refractivity contribution < 1.29 is 9.90 Å². The van der Waals surface area contributed by atoms with Crippen LogP contribution in [0.5, 0.6) is 0 Å². The summed E-state index contributed by atoms with van der Waals surface area (Å²) in [5, 5.41) is 10.2. The number of benzene rings is 1. The fourth-order valence-electron chi connectivity index (χ4n) is 2.44. The molecule has 1 aromatic rings. The zero-order chi connectivity index (χ0) is 12.3. The van der Waals surface area contributed by atoms with Crippen molar-refractivity contribution in [3.8, 4) is 0 Å². The van der Waals surface area contributed by atoms with Gasteiger partial charge in [-0.2, -0.15) is 0 Å². The Morgan fingerprint density at radius 3 is 2.65 bits per heavy atom. The van der Waals surface area contributed by atoms with Crippen molar-refractivity contribution in [2.45, 2.75) is 31.8 Å². The molecule has 0 saturated heterocycles. The lowest BCUT2D eigenvalue weighted by Gasteiger charge is -2.28. The van der Waals surface area contributed by atoms with E-state index in [1.165, 1.54) is 0 Å². The Labute approximate surface area is 102 Å². The van der Waals surface area contributed by atoms with E-state index in [2.05, 4.69) is 6.58 Å². The van der Waals surface area contributed by atoms with E-state index in [9.17, 15) is 9.90 Å². The van der Waals surface area contributed by atoms with Crippen molar-refractivity contribution in [1.82, 2.24) is 0 Å². The van der Waals surface area contributed by atoms with E-state index < -0.39 is 6.10 Å². The molecule has 1 aliphatic rings. The molecule has 0 spiro atoms. The van der Waals surface area contributed by atoms with Gasteiger partial charge in [-0.25, -0.2) is 0 Å². The van der Waals surface area contributed by atoms with Crippen molar-refractivity contribution in [2.75, 3.05) is 0 Å². The lowest BCUT2D eigenvalue weighted by atomic mass is 9.79. The molecule has 17 heavy (non-hydrogen) atoms. The van der Waals surface area contributed by atoms with Crippen molar-refractivity contribution in [1.29, 1.82) is 0 Å². The van der Waals surface area contributed by atoms with E-state index in [-0.39, 0.29) is 11.7 Å². The van der Waals surface area contributed by atoms with Crippen LogP contribution in [0.4, 0.5) is 0 Å². The fraction of sp³-hybridized carbons (Fsp3) is 0.400. The van der Waals surface area contributed by atoms with E-state index >= 15 is 0 Å². The second-order valence-corrected chi connectivity index (χ2v) is 4.69. The maximum absolute atomic E-state index is 12.1. The van der Waals surface area contributed by atoms with Crippen LogP contribution in [0.3, 0.4) is 0 Å². The second-order valence-electron chi connectivity index (χ2n) is 4.69. The Morgan fingerprint density at radius 1 is 1.29 bits per heavy atom. The predicted octanol–water partition coefficient (Wildman–Crippen LogP) is 2.98. The molecule has 0 bridgehead atoms. The van der Waals surface area contributed by atoms with Gasteiger partial charge in [0, 0.05) is 11.5 Å². The van der Waals surface area contributed by atoms with Crippen LogP contribution in [-0.4, -0.2) is 17.0 Å². The van der Waals surface area contributed by atoms with Gasteiger partial charge in [0.25, 0.3) is 0 Å². The van der Waals surface area contributed by atoms with E-state index in [0.29, 0.717) is 5.56 Å². The SMILES string of the molecule is C=C1CCCCC1C(O)C(=O)c1ccccc1. The van der Waals surface area contributed by atoms with Gasteiger partial charge in [0.2, 0.25) is 0 Å². The predicted molar refractivity (Wildman–Crippen MR) is 67.9 cm³/mol. The number of aliphatic hydroxyl groups excluding tert-OH is 1. The van der Waals surface area contributed by atoms with E-state index in [1.54, 1.807) is 12.1 Å². The number of hydrogen-bond acceptors (Lipinski definition) is 2. The minimum absolute atomic E-state index is 0.0588. The molecule has 1 aliphatic carbocycles. The highest BCUT2D eigenvalue weighted by Gasteiger charge is 2.30. The first-order valence-electron chi connectivity index (χ1n) is 6.15. The third-order valence-corrected chi connectivity index (χ3v) is 3.50. The quantitative estimate of drug-likeness (QED) is 0.640. The number of ketones is 1. The summed E-state index contributed by atoms with van der Waals surface area (Å²) < 4.78 is 0. The summed E-state index contributed by atoms with van der Waals surface area (Å²) in [4.78, 5) is 12.1. The molecular weight excluding hydrogens is 212 g/mol. The molecule has 0 aromatic heterocycles. The molecule has 2 nitrogen and oxygen atoms in total. The zero-order valence-electron chi connectivity index (χ0n) is 9.93. The molecule has 0 radical (unpaired) electrons. The first-order chi connectivity index (χ1) is 8.20. The Kier molecular flexibility index (Phi) is 3.75. The normalized spacial score (nSPS) is 22.2. The number of aliphatic hydroxyl groups is 1. The summed E-state index contributed by atoms with van der Waals surface area (Å²) in [6, 6.07) is 8.99. The van der Waals surface area contributed by atoms with Gasteiger partial charge in [0.15, 0.2) is 5.78 Å². The molecule has 2 heteroatoms. The number of carbonyl (C=O) groups is 1. The van der Waals surface area contributed by atoms with Gasteiger partial charge in [-0.3, -0.25) is 4.79 Å². The largest absolute Gasteiger partial charge is 0.384 e. The van der Waals surface area contributed by atoms with Crippen LogP contribution >= 0.6 is 0 Å². The van der Waals surface area contributed by atoms with Crippen LogP contribution in [0.25, 0.3) is 0 Å². The smallest absolute Gasteiger partial charge is 0.191 e. The van der Waals surface area contributed by atoms with Crippen LogP contribution in [0, 0.1) is 5.92 Å². The van der Waals surface area contributed by atoms with Crippen LogP contribution in [-0.2, 0) is 0 Å². The van der Waals surface area contributed by atoms with E-state index in [0.717, 1.165) is 31.3 Å². The highest BCUT2D eigenvalue weighted by molar-refractivity contribution is 5.99. The zero-order valence-corrected chi connectivity index (χ0v) is 9.93. The molecule has 1 fully saturated rings. The van der Waals surface area contributed by atoms with Crippen molar-refractivity contribution in [3.05, 3.63) is 48.0 Å². The average molecular weight is 230 g/mol. The number of rotatable bonds is 3. The van der Waals surface area contributed by atoms with Crippen LogP contribution in [0.15, 0.2) is 42.5 Å². The van der Waals surface area contributed by atoms with Crippen LogP contribution < -0.4 is 0 Å². The lowest BCUT2D eigenvalue weighted by molar-refractivity contribution is 0.0615. The molecule has 2 rings (SSSR count). The van der Waals surface area contributed by atoms with Crippen LogP contribution in [0.1, 0.15) is 36.0 Å². The first-order valence-corrected chi connectivity index (χ1v) is 6.15. The summed E-state index contributed by atoms with van der Waals surface area (Å²) in [7, 11) is 0. The number of carbonyl (C=O) groups excluding carboxylic acids is 1. The van der Waals surface area contributed by atoms with Gasteiger partial charge < -0.3 is 5.11 Å². The second kappa shape index (κ2) is 5.28. The number of Topliss-reactive ketones (excluding diaryl/α,β-unsaturated/α-hetero) is 1. The van der Waals surface area contributed by atoms with Gasteiger partial charge in [-0.05, 0) is 19.3 Å². The molecular formula is C15H18O2. The standard InChI is InChI=1S/C15H18O2/c1-11-7-5-6-10-13(11)15(17)14(16)12-8-3-2-4-9-12/h2-4,8-9,13,15,17H,1,5-7,10H2. The van der Waals surface area contributed by atoms with Crippen molar-refractivity contribution in [3.63, 3.8) is 0 Å². The highest BCUT2D eigenvalue weighted by atomic mass is 16.3. The van der Waals surface area contributed by atoms with Gasteiger partial charge in [-0.15, -0.1) is 0 Å². The molecule has 1 N–H and O–H groups in total. The van der Waals surface area contributed by atoms with E-state index in [4.69, 9.17) is 0 Å². The molecule has 1 saturated carbocycles. The summed E-state index contributed by atoms with van der Waals surface area (Å²) in [6.45, 7) is 3.98. The third-order valence-electron chi connectivity index (χ3n) is 3.50. The number of hydrogen-bond donors (Lipinski definition) is 1. The van der Waals surface area contributed by atoms with Gasteiger partial charge in [0.05, 0.1) is 0 Å². The molecule has 0 amide bonds. The Hall–Kier alpha value is -1.41. The molecule has 0 aliphatic heterocycles. The molecule has 2 atom stereocenters. The topological polar surface area (TPSA) is 37.3 Å². The molecule has 0 heterocycles. The lowest BCUT2D eigenvalue weighted by Crippen LogP contribution is -2.32. The summed E-state index contributed by atoms with van der Waals surface area (Å²) in [5.41, 5.74) is 1.60. The van der Waals surface area contributed by atoms with Gasteiger partial charge in [0.1, 0.15) is 6.10 Å². The first kappa shape index (κ1) is 12.1. The monoisotopic (exact) mass is 230 g/mol. The summed E-state index contributed by atoms with van der Waals surface area (Å²) in [5.74, 6) is -0.241. The molecule has 2 unspecified atom stereocenters. The Bertz CT molecular complexity index is 408. The molecule has 1 aromatic carbocycles. The fourth-order valence-corrected chi connectivity index (χ4v) is 2.44. The highest BCUT2D eigenvalue weighted by Crippen LogP contribution is 2.31.